The summed E-state index contributed by atoms with van der Waals surface area (Å²) >= 11 is 1.41. The molecule has 0 fully saturated rings. The molecule has 0 saturated heterocycles. The van der Waals surface area contributed by atoms with Gasteiger partial charge in [-0.1, -0.05) is 6.08 Å². The van der Waals surface area contributed by atoms with E-state index in [1.54, 1.807) is 6.07 Å². The first-order chi connectivity index (χ1) is 5.95. The van der Waals surface area contributed by atoms with E-state index in [-0.39, 0.29) is 0 Å². The van der Waals surface area contributed by atoms with Gasteiger partial charge >= 0.3 is 0 Å². The van der Waals surface area contributed by atoms with Crippen LogP contribution in [0.3, 0.4) is 0 Å². The highest BCUT2D eigenvalue weighted by Crippen LogP contribution is 2.31. The molecule has 1 aromatic rings. The molecule has 2 nitrogen and oxygen atoms in total. The summed E-state index contributed by atoms with van der Waals surface area (Å²) in [6.45, 7) is 5.37. The van der Waals surface area contributed by atoms with E-state index in [9.17, 15) is 8.42 Å². The van der Waals surface area contributed by atoms with E-state index >= 15 is 0 Å². The van der Waals surface area contributed by atoms with Crippen LogP contribution in [-0.2, 0) is 9.05 Å². The van der Waals surface area contributed by atoms with Crippen LogP contribution in [0.5, 0.6) is 0 Å². The molecule has 0 saturated carbocycles. The largest absolute Gasteiger partial charge is 0.244 e. The molecule has 0 radical (unpaired) electrons. The van der Waals surface area contributed by atoms with Crippen LogP contribution in [0, 0.1) is 6.92 Å². The Hall–Kier alpha value is -0.320. The molecule has 1 aromatic heterocycles. The van der Waals surface area contributed by atoms with Gasteiger partial charge < -0.3 is 0 Å². The van der Waals surface area contributed by atoms with E-state index in [0.717, 1.165) is 4.88 Å². The van der Waals surface area contributed by atoms with E-state index in [1.807, 2.05) is 13.0 Å². The third kappa shape index (κ3) is 2.56. The van der Waals surface area contributed by atoms with Gasteiger partial charge in [-0.15, -0.1) is 17.9 Å². The highest BCUT2D eigenvalue weighted by molar-refractivity contribution is 8.14. The SMILES string of the molecule is C=CC(c1ccc(C)s1)S(=O)(=O)Cl. The van der Waals surface area contributed by atoms with E-state index in [0.29, 0.717) is 4.88 Å². The summed E-state index contributed by atoms with van der Waals surface area (Å²) in [5.41, 5.74) is 0. The molecular formula is C8H9ClO2S2. The van der Waals surface area contributed by atoms with Crippen molar-refractivity contribution in [1.82, 2.24) is 0 Å². The Kier molecular flexibility index (Phi) is 3.16. The maximum absolute atomic E-state index is 11.1. The molecule has 5 heteroatoms. The fourth-order valence-electron chi connectivity index (χ4n) is 0.976. The van der Waals surface area contributed by atoms with Gasteiger partial charge in [0.25, 0.3) is 0 Å². The van der Waals surface area contributed by atoms with Gasteiger partial charge in [0.1, 0.15) is 5.25 Å². The third-order valence-corrected chi connectivity index (χ3v) is 4.42. The minimum atomic E-state index is -3.59. The topological polar surface area (TPSA) is 34.1 Å². The molecule has 1 heterocycles. The van der Waals surface area contributed by atoms with E-state index in [4.69, 9.17) is 10.7 Å². The Morgan fingerprint density at radius 2 is 2.23 bits per heavy atom. The summed E-state index contributed by atoms with van der Waals surface area (Å²) < 4.78 is 22.1. The van der Waals surface area contributed by atoms with Crippen molar-refractivity contribution in [2.75, 3.05) is 0 Å². The smallest absolute Gasteiger partial charge is 0.211 e. The van der Waals surface area contributed by atoms with E-state index in [2.05, 4.69) is 6.58 Å². The predicted molar refractivity (Wildman–Crippen MR) is 56.8 cm³/mol. The standard InChI is InChI=1S/C8H9ClO2S2/c1-3-8(13(9,10)11)7-5-4-6(2)12-7/h3-5,8H,1H2,2H3. The number of hydrogen-bond acceptors (Lipinski definition) is 3. The average molecular weight is 237 g/mol. The molecule has 0 aromatic carbocycles. The molecule has 0 aliphatic rings. The van der Waals surface area contributed by atoms with Crippen LogP contribution in [0.2, 0.25) is 0 Å². The Morgan fingerprint density at radius 3 is 2.54 bits per heavy atom. The third-order valence-electron chi connectivity index (χ3n) is 1.56. The Morgan fingerprint density at radius 1 is 1.62 bits per heavy atom. The molecule has 0 aliphatic heterocycles. The zero-order valence-corrected chi connectivity index (χ0v) is 9.42. The molecule has 0 spiro atoms. The normalized spacial score (nSPS) is 14.0. The molecule has 1 atom stereocenters. The summed E-state index contributed by atoms with van der Waals surface area (Å²) in [6.07, 6.45) is 1.34. The van der Waals surface area contributed by atoms with Crippen molar-refractivity contribution < 1.29 is 8.42 Å². The van der Waals surface area contributed by atoms with Gasteiger partial charge in [-0.3, -0.25) is 0 Å². The predicted octanol–water partition coefficient (Wildman–Crippen LogP) is 2.85. The highest BCUT2D eigenvalue weighted by atomic mass is 35.7. The molecule has 0 amide bonds. The van der Waals surface area contributed by atoms with E-state index in [1.165, 1.54) is 17.4 Å². The van der Waals surface area contributed by atoms with Crippen molar-refractivity contribution in [2.24, 2.45) is 0 Å². The second-order valence-electron chi connectivity index (χ2n) is 2.58. The van der Waals surface area contributed by atoms with Gasteiger partial charge in [0.05, 0.1) is 0 Å². The summed E-state index contributed by atoms with van der Waals surface area (Å²) in [4.78, 5) is 1.77. The monoisotopic (exact) mass is 236 g/mol. The van der Waals surface area contributed by atoms with Crippen LogP contribution in [-0.4, -0.2) is 8.42 Å². The van der Waals surface area contributed by atoms with Crippen LogP contribution >= 0.6 is 22.0 Å². The number of aryl methyl sites for hydroxylation is 1. The molecule has 0 aliphatic carbocycles. The molecule has 0 N–H and O–H groups in total. The number of halogens is 1. The van der Waals surface area contributed by atoms with Crippen LogP contribution in [0.25, 0.3) is 0 Å². The summed E-state index contributed by atoms with van der Waals surface area (Å²) in [5.74, 6) is 0. The zero-order valence-electron chi connectivity index (χ0n) is 7.03. The van der Waals surface area contributed by atoms with E-state index < -0.39 is 14.3 Å². The van der Waals surface area contributed by atoms with Crippen molar-refractivity contribution >= 4 is 31.1 Å². The maximum atomic E-state index is 11.1. The lowest BCUT2D eigenvalue weighted by Gasteiger charge is -2.04. The highest BCUT2D eigenvalue weighted by Gasteiger charge is 2.22. The average Bonchev–Trinajstić information content (AvgIpc) is 2.34. The van der Waals surface area contributed by atoms with Gasteiger partial charge in [-0.25, -0.2) is 8.42 Å². The lowest BCUT2D eigenvalue weighted by atomic mass is 10.3. The van der Waals surface area contributed by atoms with Gasteiger partial charge in [-0.2, -0.15) is 0 Å². The minimum absolute atomic E-state index is 0.711. The first kappa shape index (κ1) is 10.8. The zero-order chi connectivity index (χ0) is 10.1. The molecule has 72 valence electrons. The van der Waals surface area contributed by atoms with Gasteiger partial charge in [0.15, 0.2) is 0 Å². The Bertz CT molecular complexity index is 406. The summed E-state index contributed by atoms with van der Waals surface area (Å²) in [7, 11) is 1.66. The Labute approximate surface area is 86.3 Å². The van der Waals surface area contributed by atoms with Gasteiger partial charge in [0, 0.05) is 20.4 Å². The van der Waals surface area contributed by atoms with Crippen molar-refractivity contribution in [3.63, 3.8) is 0 Å². The van der Waals surface area contributed by atoms with Gasteiger partial charge in [0.2, 0.25) is 9.05 Å². The van der Waals surface area contributed by atoms with Crippen molar-refractivity contribution in [3.05, 3.63) is 34.5 Å². The summed E-state index contributed by atoms with van der Waals surface area (Å²) in [5, 5.41) is -0.784. The quantitative estimate of drug-likeness (QED) is 0.598. The van der Waals surface area contributed by atoms with Crippen LogP contribution in [0.1, 0.15) is 15.0 Å². The first-order valence-corrected chi connectivity index (χ1v) is 6.76. The lowest BCUT2D eigenvalue weighted by Crippen LogP contribution is -2.01. The molecular weight excluding hydrogens is 228 g/mol. The van der Waals surface area contributed by atoms with Crippen molar-refractivity contribution in [2.45, 2.75) is 12.2 Å². The fraction of sp³-hybridized carbons (Fsp3) is 0.250. The van der Waals surface area contributed by atoms with Crippen LogP contribution in [0.15, 0.2) is 24.8 Å². The van der Waals surface area contributed by atoms with Crippen LogP contribution < -0.4 is 0 Å². The second-order valence-corrected chi connectivity index (χ2v) is 6.65. The Balaban J connectivity index is 3.12. The molecule has 13 heavy (non-hydrogen) atoms. The number of rotatable bonds is 3. The molecule has 1 rings (SSSR count). The number of thiophene rings is 1. The van der Waals surface area contributed by atoms with Crippen LogP contribution in [0.4, 0.5) is 0 Å². The maximum Gasteiger partial charge on any atom is 0.244 e. The second kappa shape index (κ2) is 3.82. The van der Waals surface area contributed by atoms with Crippen molar-refractivity contribution in [3.8, 4) is 0 Å². The van der Waals surface area contributed by atoms with Gasteiger partial charge in [-0.05, 0) is 19.1 Å². The fourth-order valence-corrected chi connectivity index (χ4v) is 3.61. The van der Waals surface area contributed by atoms with Crippen molar-refractivity contribution in [1.29, 1.82) is 0 Å². The number of hydrogen-bond donors (Lipinski definition) is 0. The minimum Gasteiger partial charge on any atom is -0.211 e. The summed E-state index contributed by atoms with van der Waals surface area (Å²) in [6, 6.07) is 3.62. The molecule has 0 bridgehead atoms. The lowest BCUT2D eigenvalue weighted by molar-refractivity contribution is 0.605. The first-order valence-electron chi connectivity index (χ1n) is 3.57. The molecule has 1 unspecified atom stereocenters.